The molecule has 0 aliphatic carbocycles. The Morgan fingerprint density at radius 2 is 1.95 bits per heavy atom. The highest BCUT2D eigenvalue weighted by Gasteiger charge is 2.10. The Labute approximate surface area is 121 Å². The number of carbonyl (C=O) groups excluding carboxylic acids is 1. The Balaban J connectivity index is 2.03. The van der Waals surface area contributed by atoms with Crippen LogP contribution < -0.4 is 5.32 Å². The zero-order chi connectivity index (χ0) is 13.8. The first kappa shape index (κ1) is 13.8. The lowest BCUT2D eigenvalue weighted by molar-refractivity contribution is 0.0950. The van der Waals surface area contributed by atoms with Gasteiger partial charge in [0.15, 0.2) is 0 Å². The van der Waals surface area contributed by atoms with E-state index in [1.165, 1.54) is 6.20 Å². The Kier molecular flexibility index (Phi) is 4.40. The van der Waals surface area contributed by atoms with Crippen LogP contribution in [0.1, 0.15) is 21.6 Å². The number of aromatic nitrogens is 1. The smallest absolute Gasteiger partial charge is 0.254 e. The van der Waals surface area contributed by atoms with Crippen molar-refractivity contribution in [2.75, 3.05) is 0 Å². The third-order valence-electron chi connectivity index (χ3n) is 2.60. The minimum Gasteiger partial charge on any atom is -0.348 e. The van der Waals surface area contributed by atoms with Crippen LogP contribution in [0.25, 0.3) is 0 Å². The van der Waals surface area contributed by atoms with Crippen LogP contribution in [0.15, 0.2) is 36.5 Å². The quantitative estimate of drug-likeness (QED) is 0.939. The van der Waals surface area contributed by atoms with E-state index < -0.39 is 0 Å². The van der Waals surface area contributed by atoms with E-state index in [1.807, 2.05) is 19.1 Å². The maximum atomic E-state index is 12.0. The minimum atomic E-state index is -0.243. The summed E-state index contributed by atoms with van der Waals surface area (Å²) in [7, 11) is 0. The van der Waals surface area contributed by atoms with Gasteiger partial charge in [0.1, 0.15) is 0 Å². The van der Waals surface area contributed by atoms with Crippen LogP contribution in [-0.2, 0) is 6.54 Å². The average Bonchev–Trinajstić information content (AvgIpc) is 2.37. The van der Waals surface area contributed by atoms with Crippen LogP contribution in [0.4, 0.5) is 0 Å². The van der Waals surface area contributed by atoms with E-state index in [9.17, 15) is 4.79 Å². The van der Waals surface area contributed by atoms with Crippen LogP contribution in [0, 0.1) is 6.92 Å². The van der Waals surface area contributed by atoms with Crippen LogP contribution >= 0.6 is 23.2 Å². The maximum Gasteiger partial charge on any atom is 0.254 e. The highest BCUT2D eigenvalue weighted by atomic mass is 35.5. The molecule has 0 radical (unpaired) electrons. The van der Waals surface area contributed by atoms with E-state index in [1.54, 1.807) is 18.2 Å². The fourth-order valence-electron chi connectivity index (χ4n) is 1.57. The van der Waals surface area contributed by atoms with Gasteiger partial charge in [-0.2, -0.15) is 0 Å². The van der Waals surface area contributed by atoms with Gasteiger partial charge in [0, 0.05) is 23.5 Å². The number of benzene rings is 1. The molecule has 2 rings (SSSR count). The minimum absolute atomic E-state index is 0.243. The molecule has 0 aliphatic heterocycles. The predicted molar refractivity (Wildman–Crippen MR) is 76.6 cm³/mol. The van der Waals surface area contributed by atoms with Gasteiger partial charge < -0.3 is 5.32 Å². The van der Waals surface area contributed by atoms with E-state index >= 15 is 0 Å². The van der Waals surface area contributed by atoms with E-state index in [0.717, 1.165) is 11.3 Å². The maximum absolute atomic E-state index is 12.0. The predicted octanol–water partition coefficient (Wildman–Crippen LogP) is 3.63. The van der Waals surface area contributed by atoms with Crippen molar-refractivity contribution >= 4 is 29.1 Å². The van der Waals surface area contributed by atoms with Crippen molar-refractivity contribution in [2.24, 2.45) is 0 Å². The summed E-state index contributed by atoms with van der Waals surface area (Å²) in [5.41, 5.74) is 2.12. The molecular formula is C14H12Cl2N2O. The summed E-state index contributed by atoms with van der Waals surface area (Å²) in [6.45, 7) is 2.24. The lowest BCUT2D eigenvalue weighted by Gasteiger charge is -2.07. The molecule has 0 fully saturated rings. The Morgan fingerprint density at radius 1 is 1.26 bits per heavy atom. The number of halogens is 2. The first-order valence-corrected chi connectivity index (χ1v) is 6.46. The molecule has 0 unspecified atom stereocenters. The van der Waals surface area contributed by atoms with Crippen molar-refractivity contribution < 1.29 is 4.79 Å². The van der Waals surface area contributed by atoms with E-state index in [-0.39, 0.29) is 5.91 Å². The lowest BCUT2D eigenvalue weighted by atomic mass is 10.2. The van der Waals surface area contributed by atoms with Gasteiger partial charge in [-0.1, -0.05) is 35.3 Å². The number of amides is 1. The van der Waals surface area contributed by atoms with Crippen molar-refractivity contribution in [2.45, 2.75) is 13.5 Å². The summed E-state index contributed by atoms with van der Waals surface area (Å²) in [4.78, 5) is 16.0. The van der Waals surface area contributed by atoms with E-state index in [4.69, 9.17) is 23.2 Å². The Morgan fingerprint density at radius 3 is 2.58 bits per heavy atom. The normalized spacial score (nSPS) is 10.3. The van der Waals surface area contributed by atoms with Gasteiger partial charge in [-0.25, -0.2) is 0 Å². The third kappa shape index (κ3) is 3.69. The molecule has 0 spiro atoms. The SMILES string of the molecule is Cc1cc(Cl)c(C(=O)NCc2ccc(Cl)cc2)cn1. The van der Waals surface area contributed by atoms with Gasteiger partial charge >= 0.3 is 0 Å². The van der Waals surface area contributed by atoms with Crippen LogP contribution in [0.5, 0.6) is 0 Å². The first-order chi connectivity index (χ1) is 9.06. The fourth-order valence-corrected chi connectivity index (χ4v) is 1.99. The summed E-state index contributed by atoms with van der Waals surface area (Å²) in [5.74, 6) is -0.243. The van der Waals surface area contributed by atoms with Crippen LogP contribution in [-0.4, -0.2) is 10.9 Å². The first-order valence-electron chi connectivity index (χ1n) is 5.71. The number of aryl methyl sites for hydroxylation is 1. The second-order valence-corrected chi connectivity index (χ2v) is 4.96. The molecule has 0 aliphatic rings. The molecule has 0 bridgehead atoms. The van der Waals surface area contributed by atoms with Crippen LogP contribution in [0.3, 0.4) is 0 Å². The second-order valence-electron chi connectivity index (χ2n) is 4.11. The number of pyridine rings is 1. The lowest BCUT2D eigenvalue weighted by Crippen LogP contribution is -2.23. The van der Waals surface area contributed by atoms with Crippen molar-refractivity contribution in [3.05, 3.63) is 63.4 Å². The van der Waals surface area contributed by atoms with Crippen LogP contribution in [0.2, 0.25) is 10.0 Å². The number of nitrogens with zero attached hydrogens (tertiary/aromatic N) is 1. The molecule has 1 aromatic carbocycles. The molecule has 3 nitrogen and oxygen atoms in total. The number of hydrogen-bond acceptors (Lipinski definition) is 2. The van der Waals surface area contributed by atoms with Crippen molar-refractivity contribution in [1.82, 2.24) is 10.3 Å². The highest BCUT2D eigenvalue weighted by molar-refractivity contribution is 6.33. The third-order valence-corrected chi connectivity index (χ3v) is 3.17. The van der Waals surface area contributed by atoms with Gasteiger partial charge in [0.05, 0.1) is 10.6 Å². The number of carbonyl (C=O) groups is 1. The topological polar surface area (TPSA) is 42.0 Å². The number of nitrogens with one attached hydrogen (secondary N) is 1. The summed E-state index contributed by atoms with van der Waals surface area (Å²) < 4.78 is 0. The monoisotopic (exact) mass is 294 g/mol. The van der Waals surface area contributed by atoms with E-state index in [2.05, 4.69) is 10.3 Å². The molecular weight excluding hydrogens is 283 g/mol. The standard InChI is InChI=1S/C14H12Cl2N2O/c1-9-6-13(16)12(8-17-9)14(19)18-7-10-2-4-11(15)5-3-10/h2-6,8H,7H2,1H3,(H,18,19). The fraction of sp³-hybridized carbons (Fsp3) is 0.143. The molecule has 98 valence electrons. The van der Waals surface area contributed by atoms with Gasteiger partial charge in [0.25, 0.3) is 5.91 Å². The zero-order valence-electron chi connectivity index (χ0n) is 10.3. The molecule has 19 heavy (non-hydrogen) atoms. The van der Waals surface area contributed by atoms with Gasteiger partial charge in [0.2, 0.25) is 0 Å². The molecule has 1 aromatic heterocycles. The largest absolute Gasteiger partial charge is 0.348 e. The molecule has 1 heterocycles. The zero-order valence-corrected chi connectivity index (χ0v) is 11.8. The molecule has 1 N–H and O–H groups in total. The molecule has 0 saturated heterocycles. The molecule has 1 amide bonds. The Bertz CT molecular complexity index is 597. The number of hydrogen-bond donors (Lipinski definition) is 1. The highest BCUT2D eigenvalue weighted by Crippen LogP contribution is 2.16. The van der Waals surface area contributed by atoms with Gasteiger partial charge in [-0.15, -0.1) is 0 Å². The molecule has 0 atom stereocenters. The summed E-state index contributed by atoms with van der Waals surface area (Å²) in [5, 5.41) is 3.86. The van der Waals surface area contributed by atoms with E-state index in [0.29, 0.717) is 22.2 Å². The van der Waals surface area contributed by atoms with Gasteiger partial charge in [-0.05, 0) is 30.7 Å². The van der Waals surface area contributed by atoms with Crippen molar-refractivity contribution in [3.63, 3.8) is 0 Å². The molecule has 2 aromatic rings. The summed E-state index contributed by atoms with van der Waals surface area (Å²) in [6.07, 6.45) is 1.48. The summed E-state index contributed by atoms with van der Waals surface area (Å²) in [6, 6.07) is 8.95. The summed E-state index contributed by atoms with van der Waals surface area (Å²) >= 11 is 11.8. The van der Waals surface area contributed by atoms with Gasteiger partial charge in [-0.3, -0.25) is 9.78 Å². The second kappa shape index (κ2) is 6.04. The molecule has 0 saturated carbocycles. The van der Waals surface area contributed by atoms with Crippen molar-refractivity contribution in [3.8, 4) is 0 Å². The molecule has 5 heteroatoms. The number of rotatable bonds is 3. The van der Waals surface area contributed by atoms with Crippen molar-refractivity contribution in [1.29, 1.82) is 0 Å². The average molecular weight is 295 g/mol. The Hall–Kier alpha value is -1.58.